The Morgan fingerprint density at radius 1 is 1.38 bits per heavy atom. The Hall–Kier alpha value is -0.0600. The Kier molecular flexibility index (Phi) is 2.76. The van der Waals surface area contributed by atoms with Crippen LogP contribution in [0.4, 0.5) is 0 Å². The summed E-state index contributed by atoms with van der Waals surface area (Å²) in [6.07, 6.45) is 6.02. The summed E-state index contributed by atoms with van der Waals surface area (Å²) in [6.45, 7) is 2.26. The molecule has 88 valence electrons. The molecule has 1 aromatic heterocycles. The highest BCUT2D eigenvalue weighted by Gasteiger charge is 2.40. The SMILES string of the molecule is CC1SCCCC1(N)c1nc2c(s1)CCC2. The monoisotopic (exact) mass is 254 g/mol. The van der Waals surface area contributed by atoms with Gasteiger partial charge in [-0.2, -0.15) is 11.8 Å². The van der Waals surface area contributed by atoms with Gasteiger partial charge in [0.15, 0.2) is 0 Å². The van der Waals surface area contributed by atoms with E-state index in [0.717, 1.165) is 6.42 Å². The molecule has 0 spiro atoms. The van der Waals surface area contributed by atoms with Crippen LogP contribution in [0.25, 0.3) is 0 Å². The Bertz CT molecular complexity index is 380. The fourth-order valence-corrected chi connectivity index (χ4v) is 5.28. The quantitative estimate of drug-likeness (QED) is 0.837. The molecule has 2 N–H and O–H groups in total. The van der Waals surface area contributed by atoms with Crippen molar-refractivity contribution in [1.82, 2.24) is 4.98 Å². The second kappa shape index (κ2) is 4.00. The van der Waals surface area contributed by atoms with Crippen LogP contribution in [0.5, 0.6) is 0 Å². The fourth-order valence-electron chi connectivity index (χ4n) is 2.65. The first-order valence-electron chi connectivity index (χ1n) is 6.10. The maximum atomic E-state index is 6.61. The first kappa shape index (κ1) is 11.1. The number of thioether (sulfide) groups is 1. The molecule has 1 aliphatic heterocycles. The second-order valence-corrected chi connectivity index (χ2v) is 7.43. The lowest BCUT2D eigenvalue weighted by molar-refractivity contribution is 0.388. The van der Waals surface area contributed by atoms with E-state index < -0.39 is 0 Å². The molecule has 2 aliphatic rings. The normalized spacial score (nSPS) is 34.0. The summed E-state index contributed by atoms with van der Waals surface area (Å²) in [7, 11) is 0. The Labute approximate surface area is 105 Å². The maximum Gasteiger partial charge on any atom is 0.114 e. The average molecular weight is 254 g/mol. The van der Waals surface area contributed by atoms with E-state index in [1.807, 2.05) is 23.1 Å². The molecule has 2 unspecified atom stereocenters. The number of hydrogen-bond donors (Lipinski definition) is 1. The molecule has 4 heteroatoms. The summed E-state index contributed by atoms with van der Waals surface area (Å²) < 4.78 is 0. The third kappa shape index (κ3) is 1.62. The van der Waals surface area contributed by atoms with Crippen LogP contribution >= 0.6 is 23.1 Å². The third-order valence-electron chi connectivity index (χ3n) is 3.82. The van der Waals surface area contributed by atoms with Crippen LogP contribution in [0.3, 0.4) is 0 Å². The molecule has 1 aliphatic carbocycles. The van der Waals surface area contributed by atoms with E-state index in [1.165, 1.54) is 47.0 Å². The topological polar surface area (TPSA) is 38.9 Å². The fraction of sp³-hybridized carbons (Fsp3) is 0.750. The molecule has 0 bridgehead atoms. The molecule has 2 nitrogen and oxygen atoms in total. The van der Waals surface area contributed by atoms with Gasteiger partial charge in [0, 0.05) is 10.1 Å². The van der Waals surface area contributed by atoms with Crippen LogP contribution in [0.1, 0.15) is 41.8 Å². The van der Waals surface area contributed by atoms with Crippen LogP contribution in [-0.2, 0) is 18.4 Å². The molecule has 3 rings (SSSR count). The molecular weight excluding hydrogens is 236 g/mol. The van der Waals surface area contributed by atoms with E-state index in [9.17, 15) is 0 Å². The molecule has 2 atom stereocenters. The van der Waals surface area contributed by atoms with Gasteiger partial charge in [0.25, 0.3) is 0 Å². The van der Waals surface area contributed by atoms with Gasteiger partial charge in [-0.1, -0.05) is 6.92 Å². The number of nitrogens with two attached hydrogens (primary N) is 1. The number of nitrogens with zero attached hydrogens (tertiary/aromatic N) is 1. The summed E-state index contributed by atoms with van der Waals surface area (Å²) in [5, 5.41) is 1.71. The number of thiazole rings is 1. The van der Waals surface area contributed by atoms with Gasteiger partial charge in [-0.25, -0.2) is 4.98 Å². The Balaban J connectivity index is 1.94. The molecule has 1 aromatic rings. The summed E-state index contributed by atoms with van der Waals surface area (Å²) >= 11 is 3.88. The zero-order valence-electron chi connectivity index (χ0n) is 9.66. The highest BCUT2D eigenvalue weighted by molar-refractivity contribution is 8.00. The van der Waals surface area contributed by atoms with Crippen molar-refractivity contribution in [1.29, 1.82) is 0 Å². The van der Waals surface area contributed by atoms with Crippen LogP contribution in [0.2, 0.25) is 0 Å². The molecule has 0 saturated carbocycles. The highest BCUT2D eigenvalue weighted by atomic mass is 32.2. The van der Waals surface area contributed by atoms with Crippen molar-refractivity contribution in [2.45, 2.75) is 49.8 Å². The maximum absolute atomic E-state index is 6.61. The van der Waals surface area contributed by atoms with E-state index >= 15 is 0 Å². The lowest BCUT2D eigenvalue weighted by atomic mass is 9.91. The number of aryl methyl sites for hydroxylation is 2. The van der Waals surface area contributed by atoms with Gasteiger partial charge >= 0.3 is 0 Å². The molecule has 0 amide bonds. The highest BCUT2D eigenvalue weighted by Crippen LogP contribution is 2.42. The first-order valence-corrected chi connectivity index (χ1v) is 7.96. The molecule has 0 aromatic carbocycles. The standard InChI is InChI=1S/C12H18N2S2/c1-8-12(13,6-3-7-15-8)11-14-9-4-2-5-10(9)16-11/h8H,2-7,13H2,1H3. The van der Waals surface area contributed by atoms with Crippen LogP contribution in [-0.4, -0.2) is 16.0 Å². The number of hydrogen-bond acceptors (Lipinski definition) is 4. The first-order chi connectivity index (χ1) is 7.70. The minimum Gasteiger partial charge on any atom is -0.319 e. The van der Waals surface area contributed by atoms with Gasteiger partial charge in [0.1, 0.15) is 5.01 Å². The van der Waals surface area contributed by atoms with Crippen molar-refractivity contribution in [3.8, 4) is 0 Å². The predicted molar refractivity (Wildman–Crippen MR) is 71.2 cm³/mol. The Morgan fingerprint density at radius 3 is 3.00 bits per heavy atom. The van der Waals surface area contributed by atoms with Crippen LogP contribution in [0.15, 0.2) is 0 Å². The van der Waals surface area contributed by atoms with E-state index in [0.29, 0.717) is 5.25 Å². The summed E-state index contributed by atoms with van der Waals surface area (Å²) in [5.41, 5.74) is 7.80. The molecule has 2 heterocycles. The summed E-state index contributed by atoms with van der Waals surface area (Å²) in [4.78, 5) is 6.32. The van der Waals surface area contributed by atoms with E-state index in [4.69, 9.17) is 10.7 Å². The summed E-state index contributed by atoms with van der Waals surface area (Å²) in [6, 6.07) is 0. The van der Waals surface area contributed by atoms with Gasteiger partial charge in [0.2, 0.25) is 0 Å². The van der Waals surface area contributed by atoms with Gasteiger partial charge in [-0.3, -0.25) is 0 Å². The van der Waals surface area contributed by atoms with Gasteiger partial charge in [-0.05, 0) is 37.9 Å². The zero-order chi connectivity index (χ0) is 11.2. The van der Waals surface area contributed by atoms with Crippen molar-refractivity contribution < 1.29 is 0 Å². The van der Waals surface area contributed by atoms with Gasteiger partial charge < -0.3 is 5.73 Å². The zero-order valence-corrected chi connectivity index (χ0v) is 11.3. The number of aromatic nitrogens is 1. The molecule has 0 radical (unpaired) electrons. The van der Waals surface area contributed by atoms with E-state index in [1.54, 1.807) is 0 Å². The van der Waals surface area contributed by atoms with Crippen molar-refractivity contribution in [2.24, 2.45) is 5.73 Å². The minimum atomic E-state index is -0.155. The van der Waals surface area contributed by atoms with Crippen molar-refractivity contribution >= 4 is 23.1 Å². The third-order valence-corrected chi connectivity index (χ3v) is 6.62. The van der Waals surface area contributed by atoms with Gasteiger partial charge in [0.05, 0.1) is 11.2 Å². The number of fused-ring (bicyclic) bond motifs is 1. The molecule has 1 saturated heterocycles. The van der Waals surface area contributed by atoms with Crippen LogP contribution < -0.4 is 5.73 Å². The number of rotatable bonds is 1. The average Bonchev–Trinajstić information content (AvgIpc) is 2.82. The van der Waals surface area contributed by atoms with Crippen LogP contribution in [0, 0.1) is 0 Å². The smallest absolute Gasteiger partial charge is 0.114 e. The Morgan fingerprint density at radius 2 is 2.25 bits per heavy atom. The van der Waals surface area contributed by atoms with Crippen molar-refractivity contribution in [3.05, 3.63) is 15.6 Å². The van der Waals surface area contributed by atoms with E-state index in [2.05, 4.69) is 6.92 Å². The molecule has 1 fully saturated rings. The minimum absolute atomic E-state index is 0.155. The summed E-state index contributed by atoms with van der Waals surface area (Å²) in [5.74, 6) is 1.26. The van der Waals surface area contributed by atoms with E-state index in [-0.39, 0.29) is 5.54 Å². The van der Waals surface area contributed by atoms with Crippen molar-refractivity contribution in [3.63, 3.8) is 0 Å². The largest absolute Gasteiger partial charge is 0.319 e. The second-order valence-electron chi connectivity index (χ2n) is 4.90. The van der Waals surface area contributed by atoms with Gasteiger partial charge in [-0.15, -0.1) is 11.3 Å². The lowest BCUT2D eigenvalue weighted by Crippen LogP contribution is -2.47. The molecular formula is C12H18N2S2. The molecule has 16 heavy (non-hydrogen) atoms. The van der Waals surface area contributed by atoms with Crippen molar-refractivity contribution in [2.75, 3.05) is 5.75 Å². The predicted octanol–water partition coefficient (Wildman–Crippen LogP) is 2.70. The lowest BCUT2D eigenvalue weighted by Gasteiger charge is -2.37.